The van der Waals surface area contributed by atoms with Gasteiger partial charge in [0.2, 0.25) is 6.79 Å². The molecule has 2 heterocycles. The third-order valence-corrected chi connectivity index (χ3v) is 4.74. The summed E-state index contributed by atoms with van der Waals surface area (Å²) in [7, 11) is 1.99. The van der Waals surface area contributed by atoms with Gasteiger partial charge in [0.1, 0.15) is 5.92 Å². The molecule has 5 heteroatoms. The fraction of sp³-hybridized carbons (Fsp3) is 0.286. The van der Waals surface area contributed by atoms with Gasteiger partial charge in [0.05, 0.1) is 6.61 Å². The number of benzene rings is 2. The van der Waals surface area contributed by atoms with Gasteiger partial charge in [0.15, 0.2) is 11.5 Å². The molecule has 3 aromatic rings. The second-order valence-corrected chi connectivity index (χ2v) is 6.51. The predicted molar refractivity (Wildman–Crippen MR) is 98.7 cm³/mol. The van der Waals surface area contributed by atoms with E-state index < -0.39 is 5.92 Å². The fourth-order valence-corrected chi connectivity index (χ4v) is 3.52. The summed E-state index contributed by atoms with van der Waals surface area (Å²) in [5, 5.41) is 1.05. The van der Waals surface area contributed by atoms with Crippen molar-refractivity contribution in [1.82, 2.24) is 4.57 Å². The van der Waals surface area contributed by atoms with Gasteiger partial charge in [-0.15, -0.1) is 0 Å². The molecule has 5 nitrogen and oxygen atoms in total. The van der Waals surface area contributed by atoms with Crippen molar-refractivity contribution in [2.75, 3.05) is 13.4 Å². The van der Waals surface area contributed by atoms with E-state index >= 15 is 0 Å². The minimum absolute atomic E-state index is 0.205. The van der Waals surface area contributed by atoms with Crippen LogP contribution >= 0.6 is 0 Å². The van der Waals surface area contributed by atoms with E-state index in [4.69, 9.17) is 14.2 Å². The van der Waals surface area contributed by atoms with Crippen LogP contribution in [-0.4, -0.2) is 23.9 Å². The van der Waals surface area contributed by atoms with Crippen LogP contribution in [0.2, 0.25) is 0 Å². The summed E-state index contributed by atoms with van der Waals surface area (Å²) in [5.41, 5.74) is 4.04. The number of fused-ring (bicyclic) bond motifs is 2. The van der Waals surface area contributed by atoms with Crippen LogP contribution in [0.3, 0.4) is 0 Å². The number of aryl methyl sites for hydroxylation is 2. The Morgan fingerprint density at radius 2 is 2.00 bits per heavy atom. The Bertz CT molecular complexity index is 989. The van der Waals surface area contributed by atoms with Crippen LogP contribution in [0.25, 0.3) is 10.9 Å². The standard InChI is InChI=1S/C21H21NO4/c1-4-24-21(23)20(14-6-8-18-19(10-14)26-12-25-18)16-11-22(3)17-9-13(2)5-7-15(16)17/h5-11,20H,4,12H2,1-3H3. The van der Waals surface area contributed by atoms with Crippen LogP contribution in [-0.2, 0) is 16.6 Å². The molecule has 26 heavy (non-hydrogen) atoms. The highest BCUT2D eigenvalue weighted by atomic mass is 16.7. The molecule has 0 spiro atoms. The first-order chi connectivity index (χ1) is 12.6. The Kier molecular flexibility index (Phi) is 4.07. The number of carbonyl (C=O) groups excluding carboxylic acids is 1. The van der Waals surface area contributed by atoms with E-state index in [1.54, 1.807) is 0 Å². The van der Waals surface area contributed by atoms with Crippen molar-refractivity contribution in [1.29, 1.82) is 0 Å². The molecule has 0 aliphatic carbocycles. The van der Waals surface area contributed by atoms with Gasteiger partial charge in [-0.05, 0) is 48.7 Å². The maximum atomic E-state index is 12.9. The molecule has 0 saturated heterocycles. The molecule has 0 radical (unpaired) electrons. The van der Waals surface area contributed by atoms with Crippen molar-refractivity contribution in [3.63, 3.8) is 0 Å². The van der Waals surface area contributed by atoms with Gasteiger partial charge >= 0.3 is 5.97 Å². The summed E-state index contributed by atoms with van der Waals surface area (Å²) in [5.74, 6) is 0.577. The van der Waals surface area contributed by atoms with Crippen molar-refractivity contribution in [2.45, 2.75) is 19.8 Å². The van der Waals surface area contributed by atoms with Gasteiger partial charge in [-0.3, -0.25) is 4.79 Å². The number of aromatic nitrogens is 1. The van der Waals surface area contributed by atoms with E-state index in [-0.39, 0.29) is 12.8 Å². The van der Waals surface area contributed by atoms with Crippen LogP contribution in [0.5, 0.6) is 11.5 Å². The lowest BCUT2D eigenvalue weighted by Gasteiger charge is -2.16. The fourth-order valence-electron chi connectivity index (χ4n) is 3.52. The third kappa shape index (κ3) is 2.69. The highest BCUT2D eigenvalue weighted by Crippen LogP contribution is 2.39. The normalized spacial score (nSPS) is 13.8. The van der Waals surface area contributed by atoms with Crippen LogP contribution in [0.4, 0.5) is 0 Å². The number of nitrogens with zero attached hydrogens (tertiary/aromatic N) is 1. The van der Waals surface area contributed by atoms with E-state index in [0.29, 0.717) is 18.1 Å². The molecule has 1 atom stereocenters. The molecule has 0 fully saturated rings. The lowest BCUT2D eigenvalue weighted by molar-refractivity contribution is -0.143. The zero-order chi connectivity index (χ0) is 18.3. The topological polar surface area (TPSA) is 49.7 Å². The van der Waals surface area contributed by atoms with Crippen LogP contribution < -0.4 is 9.47 Å². The van der Waals surface area contributed by atoms with Gasteiger partial charge in [-0.2, -0.15) is 0 Å². The van der Waals surface area contributed by atoms with Crippen molar-refractivity contribution < 1.29 is 19.0 Å². The first kappa shape index (κ1) is 16.5. The van der Waals surface area contributed by atoms with Crippen molar-refractivity contribution in [3.8, 4) is 11.5 Å². The molecule has 0 N–H and O–H groups in total. The van der Waals surface area contributed by atoms with Crippen LogP contribution in [0, 0.1) is 6.92 Å². The number of rotatable bonds is 4. The highest BCUT2D eigenvalue weighted by Gasteiger charge is 2.29. The number of carbonyl (C=O) groups is 1. The largest absolute Gasteiger partial charge is 0.465 e. The lowest BCUT2D eigenvalue weighted by atomic mass is 9.90. The van der Waals surface area contributed by atoms with Gasteiger partial charge in [0.25, 0.3) is 0 Å². The molecular weight excluding hydrogens is 330 g/mol. The molecule has 1 unspecified atom stereocenters. The Hall–Kier alpha value is -2.95. The van der Waals surface area contributed by atoms with Crippen molar-refractivity contribution >= 4 is 16.9 Å². The molecule has 0 bridgehead atoms. The van der Waals surface area contributed by atoms with E-state index in [1.807, 2.05) is 38.4 Å². The first-order valence-electron chi connectivity index (χ1n) is 8.70. The summed E-state index contributed by atoms with van der Waals surface area (Å²) in [6, 6.07) is 11.9. The zero-order valence-electron chi connectivity index (χ0n) is 15.1. The lowest BCUT2D eigenvalue weighted by Crippen LogP contribution is -2.17. The second-order valence-electron chi connectivity index (χ2n) is 6.51. The Labute approximate surface area is 152 Å². The van der Waals surface area contributed by atoms with Crippen LogP contribution in [0.15, 0.2) is 42.6 Å². The molecule has 1 aliphatic rings. The summed E-state index contributed by atoms with van der Waals surface area (Å²) in [6.07, 6.45) is 2.01. The first-order valence-corrected chi connectivity index (χ1v) is 8.70. The summed E-state index contributed by atoms with van der Waals surface area (Å²) >= 11 is 0. The monoisotopic (exact) mass is 351 g/mol. The zero-order valence-corrected chi connectivity index (χ0v) is 15.1. The van der Waals surface area contributed by atoms with Crippen LogP contribution in [0.1, 0.15) is 29.5 Å². The molecule has 134 valence electrons. The number of hydrogen-bond acceptors (Lipinski definition) is 4. The minimum Gasteiger partial charge on any atom is -0.465 e. The summed E-state index contributed by atoms with van der Waals surface area (Å²) in [6.45, 7) is 4.42. The molecule has 1 aliphatic heterocycles. The molecule has 4 rings (SSSR count). The van der Waals surface area contributed by atoms with Gasteiger partial charge < -0.3 is 18.8 Å². The highest BCUT2D eigenvalue weighted by molar-refractivity contribution is 5.93. The molecule has 2 aromatic carbocycles. The second kappa shape index (κ2) is 6.41. The summed E-state index contributed by atoms with van der Waals surface area (Å²) < 4.78 is 18.3. The number of esters is 1. The number of ether oxygens (including phenoxy) is 3. The molecule has 0 amide bonds. The predicted octanol–water partition coefficient (Wildman–Crippen LogP) is 3.91. The van der Waals surface area contributed by atoms with Crippen molar-refractivity contribution in [3.05, 3.63) is 59.3 Å². The third-order valence-electron chi connectivity index (χ3n) is 4.74. The summed E-state index contributed by atoms with van der Waals surface area (Å²) in [4.78, 5) is 12.9. The smallest absolute Gasteiger partial charge is 0.317 e. The Balaban J connectivity index is 1.88. The minimum atomic E-state index is -0.518. The number of hydrogen-bond donors (Lipinski definition) is 0. The Morgan fingerprint density at radius 3 is 2.81 bits per heavy atom. The molecule has 0 saturated carbocycles. The quantitative estimate of drug-likeness (QED) is 0.669. The van der Waals surface area contributed by atoms with Gasteiger partial charge in [0, 0.05) is 24.1 Å². The van der Waals surface area contributed by atoms with E-state index in [0.717, 1.165) is 22.0 Å². The average Bonchev–Trinajstić information content (AvgIpc) is 3.20. The maximum absolute atomic E-state index is 12.9. The van der Waals surface area contributed by atoms with E-state index in [2.05, 4.69) is 29.7 Å². The molecule has 1 aromatic heterocycles. The van der Waals surface area contributed by atoms with E-state index in [1.165, 1.54) is 5.56 Å². The SMILES string of the molecule is CCOC(=O)C(c1ccc2c(c1)OCO2)c1cn(C)c2cc(C)ccc12. The van der Waals surface area contributed by atoms with Gasteiger partial charge in [-0.1, -0.05) is 18.2 Å². The maximum Gasteiger partial charge on any atom is 0.317 e. The average molecular weight is 351 g/mol. The van der Waals surface area contributed by atoms with E-state index in [9.17, 15) is 4.79 Å². The molecular formula is C21H21NO4. The van der Waals surface area contributed by atoms with Crippen molar-refractivity contribution in [2.24, 2.45) is 7.05 Å². The Morgan fingerprint density at radius 1 is 1.19 bits per heavy atom. The van der Waals surface area contributed by atoms with Gasteiger partial charge in [-0.25, -0.2) is 0 Å².